The number of benzene rings is 1. The highest BCUT2D eigenvalue weighted by molar-refractivity contribution is 6.30. The molecule has 0 saturated carbocycles. The van der Waals surface area contributed by atoms with Crippen molar-refractivity contribution in [2.24, 2.45) is 0 Å². The fraction of sp³-hybridized carbons (Fsp3) is 0.100. The van der Waals surface area contributed by atoms with Gasteiger partial charge in [-0.15, -0.1) is 0 Å². The van der Waals surface area contributed by atoms with Gasteiger partial charge in [0.15, 0.2) is 0 Å². The first-order chi connectivity index (χ1) is 13.0. The lowest BCUT2D eigenvalue weighted by molar-refractivity contribution is 0.0950. The predicted octanol–water partition coefficient (Wildman–Crippen LogP) is 3.62. The Morgan fingerprint density at radius 3 is 2.37 bits per heavy atom. The summed E-state index contributed by atoms with van der Waals surface area (Å²) < 4.78 is 0. The number of anilines is 1. The molecule has 0 saturated heterocycles. The Balaban J connectivity index is 1.68. The number of carbonyl (C=O) groups excluding carboxylic acids is 2. The second-order valence-corrected chi connectivity index (χ2v) is 6.35. The standard InChI is InChI=1S/C20H17ClN4O2/c1-13-8-17(21)2-3-18(13)25-20(27)16-9-15(11-23-12-16)19(26)24-10-14-4-6-22-7-5-14/h2-9,11-12H,10H2,1H3,(H,24,26)(H,25,27). The second kappa shape index (κ2) is 8.42. The van der Waals surface area contributed by atoms with Gasteiger partial charge in [-0.3, -0.25) is 19.6 Å². The van der Waals surface area contributed by atoms with Gasteiger partial charge in [0.2, 0.25) is 0 Å². The molecular formula is C20H17ClN4O2. The van der Waals surface area contributed by atoms with Crippen molar-refractivity contribution in [3.05, 3.63) is 88.5 Å². The van der Waals surface area contributed by atoms with Gasteiger partial charge in [0.1, 0.15) is 0 Å². The lowest BCUT2D eigenvalue weighted by atomic mass is 10.1. The first-order valence-electron chi connectivity index (χ1n) is 8.22. The molecule has 7 heteroatoms. The van der Waals surface area contributed by atoms with Crippen LogP contribution in [0.25, 0.3) is 0 Å². The molecular weight excluding hydrogens is 364 g/mol. The number of nitrogens with zero attached hydrogens (tertiary/aromatic N) is 2. The van der Waals surface area contributed by atoms with Crippen LogP contribution >= 0.6 is 11.6 Å². The van der Waals surface area contributed by atoms with Gasteiger partial charge < -0.3 is 10.6 Å². The Hall–Kier alpha value is -3.25. The van der Waals surface area contributed by atoms with E-state index in [1.165, 1.54) is 18.5 Å². The molecule has 6 nitrogen and oxygen atoms in total. The number of hydrogen-bond acceptors (Lipinski definition) is 4. The van der Waals surface area contributed by atoms with E-state index in [1.807, 2.05) is 19.1 Å². The summed E-state index contributed by atoms with van der Waals surface area (Å²) in [6.07, 6.45) is 6.16. The quantitative estimate of drug-likeness (QED) is 0.708. The van der Waals surface area contributed by atoms with Crippen molar-refractivity contribution in [1.82, 2.24) is 15.3 Å². The maximum Gasteiger partial charge on any atom is 0.257 e. The monoisotopic (exact) mass is 380 g/mol. The van der Waals surface area contributed by atoms with Crippen molar-refractivity contribution in [3.63, 3.8) is 0 Å². The molecule has 27 heavy (non-hydrogen) atoms. The number of carbonyl (C=O) groups is 2. The first kappa shape index (κ1) is 18.5. The largest absolute Gasteiger partial charge is 0.348 e. The molecule has 0 aliphatic heterocycles. The smallest absolute Gasteiger partial charge is 0.257 e. The molecule has 0 unspecified atom stereocenters. The average molecular weight is 381 g/mol. The molecule has 0 fully saturated rings. The second-order valence-electron chi connectivity index (χ2n) is 5.91. The van der Waals surface area contributed by atoms with Gasteiger partial charge in [0.05, 0.1) is 11.1 Å². The number of aromatic nitrogens is 2. The fourth-order valence-electron chi connectivity index (χ4n) is 2.44. The Kier molecular flexibility index (Phi) is 5.78. The van der Waals surface area contributed by atoms with Crippen LogP contribution < -0.4 is 10.6 Å². The van der Waals surface area contributed by atoms with Crippen LogP contribution in [0.2, 0.25) is 5.02 Å². The van der Waals surface area contributed by atoms with Crippen molar-refractivity contribution in [3.8, 4) is 0 Å². The molecule has 0 bridgehead atoms. The molecule has 0 aliphatic rings. The molecule has 0 aliphatic carbocycles. The zero-order valence-corrected chi connectivity index (χ0v) is 15.3. The molecule has 0 atom stereocenters. The number of nitrogens with one attached hydrogen (secondary N) is 2. The Bertz CT molecular complexity index is 977. The van der Waals surface area contributed by atoms with Crippen molar-refractivity contribution >= 4 is 29.1 Å². The van der Waals surface area contributed by atoms with Gasteiger partial charge in [0, 0.05) is 42.0 Å². The highest BCUT2D eigenvalue weighted by Gasteiger charge is 2.12. The predicted molar refractivity (Wildman–Crippen MR) is 104 cm³/mol. The topological polar surface area (TPSA) is 84.0 Å². The van der Waals surface area contributed by atoms with Crippen LogP contribution in [0.5, 0.6) is 0 Å². The first-order valence-corrected chi connectivity index (χ1v) is 8.60. The molecule has 2 heterocycles. The van der Waals surface area contributed by atoms with Crippen LogP contribution in [-0.2, 0) is 6.54 Å². The zero-order valence-electron chi connectivity index (χ0n) is 14.6. The van der Waals surface area contributed by atoms with Crippen LogP contribution in [0.3, 0.4) is 0 Å². The van der Waals surface area contributed by atoms with Crippen molar-refractivity contribution in [1.29, 1.82) is 0 Å². The number of halogens is 1. The van der Waals surface area contributed by atoms with Crippen molar-refractivity contribution in [2.45, 2.75) is 13.5 Å². The molecule has 0 radical (unpaired) electrons. The fourth-order valence-corrected chi connectivity index (χ4v) is 2.66. The minimum absolute atomic E-state index is 0.293. The lowest BCUT2D eigenvalue weighted by Crippen LogP contribution is -2.23. The molecule has 3 rings (SSSR count). The van der Waals surface area contributed by atoms with E-state index >= 15 is 0 Å². The van der Waals surface area contributed by atoms with Gasteiger partial charge in [-0.2, -0.15) is 0 Å². The van der Waals surface area contributed by atoms with E-state index in [0.717, 1.165) is 11.1 Å². The van der Waals surface area contributed by atoms with Crippen LogP contribution in [0.15, 0.2) is 61.2 Å². The third kappa shape index (κ3) is 4.89. The summed E-state index contributed by atoms with van der Waals surface area (Å²) in [6.45, 7) is 2.21. The molecule has 0 spiro atoms. The Morgan fingerprint density at radius 1 is 0.963 bits per heavy atom. The van der Waals surface area contributed by atoms with Crippen LogP contribution in [0.1, 0.15) is 31.8 Å². The summed E-state index contributed by atoms with van der Waals surface area (Å²) in [5, 5.41) is 6.19. The summed E-state index contributed by atoms with van der Waals surface area (Å²) in [5.74, 6) is -0.659. The minimum Gasteiger partial charge on any atom is -0.348 e. The molecule has 3 aromatic rings. The average Bonchev–Trinajstić information content (AvgIpc) is 2.69. The summed E-state index contributed by atoms with van der Waals surface area (Å²) >= 11 is 5.93. The highest BCUT2D eigenvalue weighted by atomic mass is 35.5. The van der Waals surface area contributed by atoms with Crippen LogP contribution in [-0.4, -0.2) is 21.8 Å². The normalized spacial score (nSPS) is 10.3. The van der Waals surface area contributed by atoms with Crippen molar-refractivity contribution in [2.75, 3.05) is 5.32 Å². The Morgan fingerprint density at radius 2 is 1.67 bits per heavy atom. The third-order valence-corrected chi connectivity index (χ3v) is 4.14. The lowest BCUT2D eigenvalue weighted by Gasteiger charge is -2.10. The van der Waals surface area contributed by atoms with E-state index in [-0.39, 0.29) is 11.8 Å². The third-order valence-electron chi connectivity index (χ3n) is 3.90. The van der Waals surface area contributed by atoms with Crippen LogP contribution in [0.4, 0.5) is 5.69 Å². The summed E-state index contributed by atoms with van der Waals surface area (Å²) in [6, 6.07) is 10.3. The summed E-state index contributed by atoms with van der Waals surface area (Å²) in [7, 11) is 0. The van der Waals surface area contributed by atoms with Crippen molar-refractivity contribution < 1.29 is 9.59 Å². The number of hydrogen-bond donors (Lipinski definition) is 2. The highest BCUT2D eigenvalue weighted by Crippen LogP contribution is 2.20. The number of pyridine rings is 2. The SMILES string of the molecule is Cc1cc(Cl)ccc1NC(=O)c1cncc(C(=O)NCc2ccncc2)c1. The number of amides is 2. The van der Waals surface area contributed by atoms with Gasteiger partial charge in [-0.05, 0) is 54.4 Å². The molecule has 2 N–H and O–H groups in total. The maximum absolute atomic E-state index is 12.5. The molecule has 136 valence electrons. The maximum atomic E-state index is 12.5. The summed E-state index contributed by atoms with van der Waals surface area (Å²) in [4.78, 5) is 32.8. The minimum atomic E-state index is -0.350. The van der Waals surface area contributed by atoms with E-state index in [9.17, 15) is 9.59 Å². The van der Waals surface area contributed by atoms with E-state index < -0.39 is 0 Å². The summed E-state index contributed by atoms with van der Waals surface area (Å²) in [5.41, 5.74) is 3.02. The van der Waals surface area contributed by atoms with E-state index in [1.54, 1.807) is 30.6 Å². The van der Waals surface area contributed by atoms with Crippen LogP contribution in [0, 0.1) is 6.92 Å². The Labute approximate surface area is 161 Å². The molecule has 2 aromatic heterocycles. The van der Waals surface area contributed by atoms with E-state index in [2.05, 4.69) is 20.6 Å². The van der Waals surface area contributed by atoms with Gasteiger partial charge in [-0.1, -0.05) is 11.6 Å². The van der Waals surface area contributed by atoms with Gasteiger partial charge in [-0.25, -0.2) is 0 Å². The van der Waals surface area contributed by atoms with E-state index in [4.69, 9.17) is 11.6 Å². The number of rotatable bonds is 5. The zero-order chi connectivity index (χ0) is 19.2. The molecule has 1 aromatic carbocycles. The number of aryl methyl sites for hydroxylation is 1. The molecule has 2 amide bonds. The van der Waals surface area contributed by atoms with Gasteiger partial charge in [0.25, 0.3) is 11.8 Å². The van der Waals surface area contributed by atoms with Gasteiger partial charge >= 0.3 is 0 Å². The van der Waals surface area contributed by atoms with E-state index in [0.29, 0.717) is 28.4 Å².